The van der Waals surface area contributed by atoms with Gasteiger partial charge in [0.1, 0.15) is 0 Å². The molecule has 1 saturated carbocycles. The molecule has 0 aromatic carbocycles. The topological polar surface area (TPSA) is 46.5 Å². The number of aliphatic hydroxyl groups excluding tert-OH is 1. The summed E-state index contributed by atoms with van der Waals surface area (Å²) in [5.41, 5.74) is 1.69. The van der Waals surface area contributed by atoms with Gasteiger partial charge in [-0.05, 0) is 33.6 Å². The van der Waals surface area contributed by atoms with E-state index in [1.807, 2.05) is 13.8 Å². The van der Waals surface area contributed by atoms with Crippen molar-refractivity contribution in [2.75, 3.05) is 7.11 Å². The van der Waals surface area contributed by atoms with Crippen LogP contribution in [0.1, 0.15) is 52.9 Å². The van der Waals surface area contributed by atoms with Gasteiger partial charge in [-0.25, -0.2) is 4.79 Å². The maximum atomic E-state index is 10.7. The predicted octanol–water partition coefficient (Wildman–Crippen LogP) is 2.83. The number of hydrogen-bond donors (Lipinski definition) is 1. The van der Waals surface area contributed by atoms with Crippen molar-refractivity contribution in [2.45, 2.75) is 59.0 Å². The van der Waals surface area contributed by atoms with Crippen molar-refractivity contribution in [3.05, 3.63) is 11.1 Å². The quantitative estimate of drug-likeness (QED) is 0.554. The van der Waals surface area contributed by atoms with E-state index in [9.17, 15) is 4.79 Å². The molecule has 0 spiro atoms. The highest BCUT2D eigenvalue weighted by Crippen LogP contribution is 2.16. The van der Waals surface area contributed by atoms with E-state index in [0.717, 1.165) is 18.4 Å². The zero-order chi connectivity index (χ0) is 12.6. The molecule has 1 N–H and O–H groups in total. The third-order valence-corrected chi connectivity index (χ3v) is 2.82. The Morgan fingerprint density at radius 3 is 1.81 bits per heavy atom. The van der Waals surface area contributed by atoms with Crippen LogP contribution in [0.25, 0.3) is 0 Å². The molecule has 1 aliphatic carbocycles. The smallest absolute Gasteiger partial charge is 0.333 e. The highest BCUT2D eigenvalue weighted by Gasteiger charge is 2.07. The molecule has 1 fully saturated rings. The van der Waals surface area contributed by atoms with Gasteiger partial charge < -0.3 is 9.84 Å². The van der Waals surface area contributed by atoms with E-state index >= 15 is 0 Å². The van der Waals surface area contributed by atoms with Crippen LogP contribution in [-0.2, 0) is 9.53 Å². The molecule has 3 nitrogen and oxygen atoms in total. The molecule has 1 aliphatic rings. The van der Waals surface area contributed by atoms with Crippen LogP contribution in [0.5, 0.6) is 0 Å². The number of hydrogen-bond acceptors (Lipinski definition) is 3. The fourth-order valence-electron chi connectivity index (χ4n) is 1.44. The number of carbonyl (C=O) groups excluding carboxylic acids is 1. The fraction of sp³-hybridized carbons (Fsp3) is 0.769. The lowest BCUT2D eigenvalue weighted by Gasteiger charge is -2.14. The summed E-state index contributed by atoms with van der Waals surface area (Å²) in [7, 11) is 1.38. The van der Waals surface area contributed by atoms with Gasteiger partial charge in [0.25, 0.3) is 0 Å². The van der Waals surface area contributed by atoms with Gasteiger partial charge in [-0.1, -0.05) is 24.8 Å². The number of allylic oxidation sites excluding steroid dienone is 1. The normalized spacial score (nSPS) is 15.8. The summed E-state index contributed by atoms with van der Waals surface area (Å²) in [4.78, 5) is 10.7. The summed E-state index contributed by atoms with van der Waals surface area (Å²) in [6.07, 6.45) is 5.92. The first kappa shape index (κ1) is 15.2. The van der Waals surface area contributed by atoms with Crippen LogP contribution in [0, 0.1) is 0 Å². The summed E-state index contributed by atoms with van der Waals surface area (Å²) in [6, 6.07) is 0. The monoisotopic (exact) mass is 228 g/mol. The van der Waals surface area contributed by atoms with Crippen molar-refractivity contribution in [1.82, 2.24) is 0 Å². The average molecular weight is 228 g/mol. The molecule has 0 heterocycles. The number of ether oxygens (including phenoxy) is 1. The van der Waals surface area contributed by atoms with Gasteiger partial charge >= 0.3 is 5.97 Å². The summed E-state index contributed by atoms with van der Waals surface area (Å²) in [5.74, 6) is -0.241. The summed E-state index contributed by atoms with van der Waals surface area (Å²) in [5, 5.41) is 8.91. The number of aliphatic hydroxyl groups is 1. The van der Waals surface area contributed by atoms with Gasteiger partial charge in [0.2, 0.25) is 0 Å². The molecule has 0 amide bonds. The van der Waals surface area contributed by atoms with E-state index in [1.165, 1.54) is 26.4 Å². The molecular formula is C13H24O3. The number of carbonyl (C=O) groups is 1. The van der Waals surface area contributed by atoms with Crippen molar-refractivity contribution in [3.63, 3.8) is 0 Å². The van der Waals surface area contributed by atoms with Gasteiger partial charge in [-0.2, -0.15) is 0 Å². The molecule has 0 aliphatic heterocycles. The van der Waals surface area contributed by atoms with Crippen LogP contribution in [0.2, 0.25) is 0 Å². The molecule has 0 aromatic rings. The number of methoxy groups -OCH3 is 1. The molecule has 0 radical (unpaired) electrons. The maximum absolute atomic E-state index is 10.7. The first-order valence-corrected chi connectivity index (χ1v) is 5.89. The molecule has 0 atom stereocenters. The lowest BCUT2D eigenvalue weighted by Crippen LogP contribution is -2.09. The second-order valence-corrected chi connectivity index (χ2v) is 4.41. The molecule has 94 valence electrons. The Morgan fingerprint density at radius 1 is 1.12 bits per heavy atom. The van der Waals surface area contributed by atoms with Crippen LogP contribution in [0.15, 0.2) is 11.1 Å². The Balaban J connectivity index is 0.000000288. The standard InChI is InChI=1S/C7H12O2.C6H12O/c1-5(2)6(3)7(8)9-4;7-6-4-2-1-3-5-6/h1-4H3;6-7H,1-5H2. The Labute approximate surface area is 98.5 Å². The highest BCUT2D eigenvalue weighted by molar-refractivity contribution is 5.88. The minimum Gasteiger partial charge on any atom is -0.466 e. The van der Waals surface area contributed by atoms with Crippen LogP contribution < -0.4 is 0 Å². The Kier molecular flexibility index (Phi) is 7.90. The SMILES string of the molecule is COC(=O)C(C)=C(C)C.OC1CCCCC1. The third-order valence-electron chi connectivity index (χ3n) is 2.82. The van der Waals surface area contributed by atoms with E-state index in [0.29, 0.717) is 5.57 Å². The first-order chi connectivity index (χ1) is 7.49. The summed E-state index contributed by atoms with van der Waals surface area (Å²) >= 11 is 0. The average Bonchev–Trinajstić information content (AvgIpc) is 2.28. The number of rotatable bonds is 1. The molecule has 0 bridgehead atoms. The van der Waals surface area contributed by atoms with Crippen molar-refractivity contribution < 1.29 is 14.6 Å². The predicted molar refractivity (Wildman–Crippen MR) is 65.2 cm³/mol. The van der Waals surface area contributed by atoms with Gasteiger partial charge in [0, 0.05) is 5.57 Å². The van der Waals surface area contributed by atoms with Crippen molar-refractivity contribution in [1.29, 1.82) is 0 Å². The van der Waals surface area contributed by atoms with Gasteiger partial charge in [0.15, 0.2) is 0 Å². The van der Waals surface area contributed by atoms with Gasteiger partial charge in [-0.3, -0.25) is 0 Å². The molecule has 0 saturated heterocycles. The molecule has 0 unspecified atom stereocenters. The van der Waals surface area contributed by atoms with Crippen molar-refractivity contribution >= 4 is 5.97 Å². The minimum atomic E-state index is -0.241. The van der Waals surface area contributed by atoms with E-state index in [-0.39, 0.29) is 12.1 Å². The van der Waals surface area contributed by atoms with Gasteiger partial charge in [-0.15, -0.1) is 0 Å². The van der Waals surface area contributed by atoms with Crippen molar-refractivity contribution in [2.24, 2.45) is 0 Å². The molecule has 16 heavy (non-hydrogen) atoms. The van der Waals surface area contributed by atoms with Crippen LogP contribution in [0.4, 0.5) is 0 Å². The zero-order valence-electron chi connectivity index (χ0n) is 10.9. The van der Waals surface area contributed by atoms with E-state index in [1.54, 1.807) is 6.92 Å². The summed E-state index contributed by atoms with van der Waals surface area (Å²) < 4.78 is 4.48. The zero-order valence-corrected chi connectivity index (χ0v) is 10.9. The largest absolute Gasteiger partial charge is 0.466 e. The minimum absolute atomic E-state index is 0.0359. The second kappa shape index (κ2) is 8.34. The maximum Gasteiger partial charge on any atom is 0.333 e. The third kappa shape index (κ3) is 6.62. The molecular weight excluding hydrogens is 204 g/mol. The number of esters is 1. The molecule has 3 heteroatoms. The fourth-order valence-corrected chi connectivity index (χ4v) is 1.44. The van der Waals surface area contributed by atoms with Gasteiger partial charge in [0.05, 0.1) is 13.2 Å². The summed E-state index contributed by atoms with van der Waals surface area (Å²) in [6.45, 7) is 5.51. The lowest BCUT2D eigenvalue weighted by molar-refractivity contribution is -0.136. The van der Waals surface area contributed by atoms with Crippen LogP contribution in [0.3, 0.4) is 0 Å². The Hall–Kier alpha value is -0.830. The van der Waals surface area contributed by atoms with E-state index in [4.69, 9.17) is 5.11 Å². The van der Waals surface area contributed by atoms with E-state index in [2.05, 4.69) is 4.74 Å². The molecule has 0 aromatic heterocycles. The highest BCUT2D eigenvalue weighted by atomic mass is 16.5. The first-order valence-electron chi connectivity index (χ1n) is 5.89. The Bertz CT molecular complexity index is 234. The lowest BCUT2D eigenvalue weighted by atomic mass is 9.98. The Morgan fingerprint density at radius 2 is 1.62 bits per heavy atom. The van der Waals surface area contributed by atoms with E-state index < -0.39 is 0 Å². The molecule has 1 rings (SSSR count). The van der Waals surface area contributed by atoms with Crippen LogP contribution >= 0.6 is 0 Å². The second-order valence-electron chi connectivity index (χ2n) is 4.41. The van der Waals surface area contributed by atoms with Crippen LogP contribution in [-0.4, -0.2) is 24.3 Å². The van der Waals surface area contributed by atoms with Crippen molar-refractivity contribution in [3.8, 4) is 0 Å².